The molecule has 7 heteroatoms. The summed E-state index contributed by atoms with van der Waals surface area (Å²) in [5.41, 5.74) is 5.80. The van der Waals surface area contributed by atoms with Crippen LogP contribution in [-0.4, -0.2) is 61.5 Å². The van der Waals surface area contributed by atoms with Gasteiger partial charge in [0, 0.05) is 38.4 Å². The van der Waals surface area contributed by atoms with E-state index in [0.29, 0.717) is 19.5 Å². The van der Waals surface area contributed by atoms with Gasteiger partial charge in [0.25, 0.3) is 0 Å². The Morgan fingerprint density at radius 3 is 2.32 bits per heavy atom. The van der Waals surface area contributed by atoms with Gasteiger partial charge in [0.1, 0.15) is 6.04 Å². The molecular weight excluding hydrogens is 410 g/mol. The summed E-state index contributed by atoms with van der Waals surface area (Å²) in [7, 11) is -3.49. The average Bonchev–Trinajstić information content (AvgIpc) is 2.79. The van der Waals surface area contributed by atoms with Gasteiger partial charge in [0.15, 0.2) is 0 Å². The number of hydrogen-bond donors (Lipinski definition) is 0. The highest BCUT2D eigenvalue weighted by Crippen LogP contribution is 2.28. The van der Waals surface area contributed by atoms with E-state index < -0.39 is 16.1 Å². The first-order valence-electron chi connectivity index (χ1n) is 11.0. The van der Waals surface area contributed by atoms with Crippen LogP contribution >= 0.6 is 0 Å². The Balaban J connectivity index is 1.52. The van der Waals surface area contributed by atoms with Gasteiger partial charge in [0.2, 0.25) is 15.9 Å². The molecule has 6 nitrogen and oxygen atoms in total. The first kappa shape index (κ1) is 21.8. The standard InChI is InChI=1S/C24H31N3O3S/c1-4-31(29,30)27-17-21-10-6-5-9-20(21)16-23(27)24(28)26-14-12-25(13-15-26)22-11-7-8-18(2)19(22)3/h5-11,23H,4,12-17H2,1-3H3/t23-/m0/s1. The van der Waals surface area contributed by atoms with Crippen molar-refractivity contribution in [2.45, 2.75) is 39.8 Å². The van der Waals surface area contributed by atoms with Gasteiger partial charge in [-0.3, -0.25) is 4.79 Å². The molecule has 0 radical (unpaired) electrons. The third-order valence-electron chi connectivity index (χ3n) is 6.72. The number of anilines is 1. The van der Waals surface area contributed by atoms with Crippen molar-refractivity contribution in [3.8, 4) is 0 Å². The molecule has 2 aromatic carbocycles. The molecule has 0 bridgehead atoms. The molecule has 0 saturated carbocycles. The highest BCUT2D eigenvalue weighted by Gasteiger charge is 2.40. The van der Waals surface area contributed by atoms with E-state index in [0.717, 1.165) is 24.2 Å². The number of carbonyl (C=O) groups is 1. The smallest absolute Gasteiger partial charge is 0.241 e. The molecule has 1 amide bonds. The lowest BCUT2D eigenvalue weighted by molar-refractivity contribution is -0.136. The summed E-state index contributed by atoms with van der Waals surface area (Å²) >= 11 is 0. The molecule has 0 aromatic heterocycles. The summed E-state index contributed by atoms with van der Waals surface area (Å²) in [6.45, 7) is 8.86. The fourth-order valence-corrected chi connectivity index (χ4v) is 5.84. The zero-order valence-electron chi connectivity index (χ0n) is 18.5. The Kier molecular flexibility index (Phi) is 6.08. The molecule has 0 unspecified atom stereocenters. The SMILES string of the molecule is CCS(=O)(=O)N1Cc2ccccc2C[C@H]1C(=O)N1CCN(c2cccc(C)c2C)CC1. The molecule has 0 spiro atoms. The summed E-state index contributed by atoms with van der Waals surface area (Å²) in [4.78, 5) is 17.7. The van der Waals surface area contributed by atoms with Crippen molar-refractivity contribution in [2.24, 2.45) is 0 Å². The molecule has 2 aliphatic heterocycles. The van der Waals surface area contributed by atoms with Crippen LogP contribution in [0.2, 0.25) is 0 Å². The maximum absolute atomic E-state index is 13.5. The van der Waals surface area contributed by atoms with Crippen molar-refractivity contribution in [2.75, 3.05) is 36.8 Å². The lowest BCUT2D eigenvalue weighted by Gasteiger charge is -2.41. The number of nitrogens with zero attached hydrogens (tertiary/aromatic N) is 3. The second-order valence-electron chi connectivity index (χ2n) is 8.47. The van der Waals surface area contributed by atoms with Crippen LogP contribution in [0.4, 0.5) is 5.69 Å². The maximum atomic E-state index is 13.5. The number of fused-ring (bicyclic) bond motifs is 1. The van der Waals surface area contributed by atoms with E-state index in [9.17, 15) is 13.2 Å². The van der Waals surface area contributed by atoms with E-state index in [2.05, 4.69) is 36.9 Å². The molecule has 31 heavy (non-hydrogen) atoms. The number of piperazine rings is 1. The number of amides is 1. The molecule has 0 aliphatic carbocycles. The molecule has 1 atom stereocenters. The van der Waals surface area contributed by atoms with Crippen molar-refractivity contribution in [1.82, 2.24) is 9.21 Å². The van der Waals surface area contributed by atoms with Crippen molar-refractivity contribution in [3.05, 3.63) is 64.7 Å². The molecule has 2 heterocycles. The number of sulfonamides is 1. The fraction of sp³-hybridized carbons (Fsp3) is 0.458. The van der Waals surface area contributed by atoms with E-state index in [1.54, 1.807) is 6.92 Å². The highest BCUT2D eigenvalue weighted by atomic mass is 32.2. The van der Waals surface area contributed by atoms with Crippen molar-refractivity contribution in [1.29, 1.82) is 0 Å². The molecule has 1 fully saturated rings. The minimum atomic E-state index is -3.49. The van der Waals surface area contributed by atoms with Gasteiger partial charge >= 0.3 is 0 Å². The predicted molar refractivity (Wildman–Crippen MR) is 124 cm³/mol. The summed E-state index contributed by atoms with van der Waals surface area (Å²) in [6, 6.07) is 13.5. The molecule has 166 valence electrons. The van der Waals surface area contributed by atoms with Crippen LogP contribution in [0.1, 0.15) is 29.2 Å². The lowest BCUT2D eigenvalue weighted by atomic mass is 9.95. The number of benzene rings is 2. The lowest BCUT2D eigenvalue weighted by Crippen LogP contribution is -2.57. The monoisotopic (exact) mass is 441 g/mol. The normalized spacial score (nSPS) is 19.9. The Morgan fingerprint density at radius 2 is 1.65 bits per heavy atom. The third-order valence-corrected chi connectivity index (χ3v) is 8.55. The topological polar surface area (TPSA) is 60.9 Å². The van der Waals surface area contributed by atoms with Crippen molar-refractivity contribution >= 4 is 21.6 Å². The summed E-state index contributed by atoms with van der Waals surface area (Å²) in [6.07, 6.45) is 0.436. The number of carbonyl (C=O) groups excluding carboxylic acids is 1. The van der Waals surface area contributed by atoms with Gasteiger partial charge in [-0.15, -0.1) is 0 Å². The largest absolute Gasteiger partial charge is 0.368 e. The van der Waals surface area contributed by atoms with Crippen LogP contribution in [0, 0.1) is 13.8 Å². The predicted octanol–water partition coefficient (Wildman–Crippen LogP) is 2.73. The van der Waals surface area contributed by atoms with Crippen LogP contribution in [0.15, 0.2) is 42.5 Å². The minimum Gasteiger partial charge on any atom is -0.368 e. The van der Waals surface area contributed by atoms with E-state index in [1.807, 2.05) is 29.2 Å². The number of aryl methyl sites for hydroxylation is 1. The molecule has 2 aromatic rings. The fourth-order valence-electron chi connectivity index (χ4n) is 4.62. The van der Waals surface area contributed by atoms with E-state index >= 15 is 0 Å². The second-order valence-corrected chi connectivity index (χ2v) is 10.7. The van der Waals surface area contributed by atoms with E-state index in [4.69, 9.17) is 0 Å². The van der Waals surface area contributed by atoms with Crippen LogP contribution in [-0.2, 0) is 27.8 Å². The summed E-state index contributed by atoms with van der Waals surface area (Å²) in [5, 5.41) is 0. The summed E-state index contributed by atoms with van der Waals surface area (Å²) in [5.74, 6) is -0.0774. The number of rotatable bonds is 4. The van der Waals surface area contributed by atoms with Gasteiger partial charge in [0.05, 0.1) is 5.75 Å². The van der Waals surface area contributed by atoms with Gasteiger partial charge in [-0.2, -0.15) is 4.31 Å². The number of hydrogen-bond acceptors (Lipinski definition) is 4. The van der Waals surface area contributed by atoms with Crippen molar-refractivity contribution < 1.29 is 13.2 Å². The van der Waals surface area contributed by atoms with Crippen molar-refractivity contribution in [3.63, 3.8) is 0 Å². The molecule has 4 rings (SSSR count). The Bertz CT molecular complexity index is 1080. The second kappa shape index (κ2) is 8.63. The van der Waals surface area contributed by atoms with Gasteiger partial charge < -0.3 is 9.80 Å². The molecule has 0 N–H and O–H groups in total. The highest BCUT2D eigenvalue weighted by molar-refractivity contribution is 7.89. The van der Waals surface area contributed by atoms with Gasteiger partial charge in [-0.25, -0.2) is 8.42 Å². The van der Waals surface area contributed by atoms with Crippen LogP contribution in [0.25, 0.3) is 0 Å². The maximum Gasteiger partial charge on any atom is 0.241 e. The Morgan fingerprint density at radius 1 is 0.968 bits per heavy atom. The van der Waals surface area contributed by atoms with Crippen LogP contribution < -0.4 is 4.90 Å². The van der Waals surface area contributed by atoms with Crippen LogP contribution in [0.3, 0.4) is 0 Å². The Labute approximate surface area is 185 Å². The third kappa shape index (κ3) is 4.21. The zero-order chi connectivity index (χ0) is 22.2. The van der Waals surface area contributed by atoms with E-state index in [1.165, 1.54) is 21.1 Å². The van der Waals surface area contributed by atoms with Crippen LogP contribution in [0.5, 0.6) is 0 Å². The minimum absolute atomic E-state index is 0.000635. The van der Waals surface area contributed by atoms with Gasteiger partial charge in [-0.05, 0) is 55.5 Å². The molecular formula is C24H31N3O3S. The first-order chi connectivity index (χ1) is 14.8. The Hall–Kier alpha value is -2.38. The summed E-state index contributed by atoms with van der Waals surface area (Å²) < 4.78 is 27.1. The quantitative estimate of drug-likeness (QED) is 0.732. The first-order valence-corrected chi connectivity index (χ1v) is 12.6. The average molecular weight is 442 g/mol. The van der Waals surface area contributed by atoms with Gasteiger partial charge in [-0.1, -0.05) is 36.4 Å². The zero-order valence-corrected chi connectivity index (χ0v) is 19.4. The molecule has 1 saturated heterocycles. The molecule has 2 aliphatic rings. The van der Waals surface area contributed by atoms with E-state index in [-0.39, 0.29) is 18.2 Å².